The van der Waals surface area contributed by atoms with E-state index in [-0.39, 0.29) is 6.04 Å². The molecular weight excluding hydrogens is 220 g/mol. The standard InChI is InChI=1S/C16H26N2/c1-12-5-7-14(8-6-12)15(17)13(2)18-10-9-16(3,4)11-18/h5-8,13,15H,9-11,17H2,1-4H3. The van der Waals surface area contributed by atoms with Crippen LogP contribution in [0.2, 0.25) is 0 Å². The molecule has 2 unspecified atom stereocenters. The summed E-state index contributed by atoms with van der Waals surface area (Å²) in [4.78, 5) is 2.53. The van der Waals surface area contributed by atoms with Crippen LogP contribution in [0, 0.1) is 12.3 Å². The summed E-state index contributed by atoms with van der Waals surface area (Å²) in [5, 5.41) is 0. The Bertz CT molecular complexity index is 394. The van der Waals surface area contributed by atoms with Crippen LogP contribution in [0.1, 0.15) is 44.4 Å². The molecule has 2 atom stereocenters. The second-order valence-corrected chi connectivity index (χ2v) is 6.56. The molecule has 100 valence electrons. The molecule has 2 nitrogen and oxygen atoms in total. The van der Waals surface area contributed by atoms with Gasteiger partial charge in [0.25, 0.3) is 0 Å². The first-order valence-corrected chi connectivity index (χ1v) is 6.95. The van der Waals surface area contributed by atoms with Crippen LogP contribution in [0.4, 0.5) is 0 Å². The van der Waals surface area contributed by atoms with Gasteiger partial charge in [0, 0.05) is 18.6 Å². The maximum absolute atomic E-state index is 6.42. The van der Waals surface area contributed by atoms with Crippen molar-refractivity contribution < 1.29 is 0 Å². The largest absolute Gasteiger partial charge is 0.323 e. The van der Waals surface area contributed by atoms with Gasteiger partial charge in [-0.05, 0) is 37.8 Å². The zero-order valence-electron chi connectivity index (χ0n) is 12.1. The van der Waals surface area contributed by atoms with Crippen molar-refractivity contribution in [3.05, 3.63) is 35.4 Å². The third-order valence-electron chi connectivity index (χ3n) is 4.26. The van der Waals surface area contributed by atoms with Crippen LogP contribution in [0.3, 0.4) is 0 Å². The van der Waals surface area contributed by atoms with Gasteiger partial charge in [0.2, 0.25) is 0 Å². The normalized spacial score (nSPS) is 22.9. The molecule has 1 aromatic carbocycles. The predicted octanol–water partition coefficient (Wildman–Crippen LogP) is 3.12. The lowest BCUT2D eigenvalue weighted by molar-refractivity contribution is 0.204. The quantitative estimate of drug-likeness (QED) is 0.888. The van der Waals surface area contributed by atoms with Gasteiger partial charge in [-0.3, -0.25) is 4.90 Å². The number of likely N-dealkylation sites (tertiary alicyclic amines) is 1. The Morgan fingerprint density at radius 2 is 1.83 bits per heavy atom. The summed E-state index contributed by atoms with van der Waals surface area (Å²) in [6, 6.07) is 9.15. The fourth-order valence-corrected chi connectivity index (χ4v) is 2.80. The minimum Gasteiger partial charge on any atom is -0.323 e. The van der Waals surface area contributed by atoms with Crippen molar-refractivity contribution in [2.24, 2.45) is 11.1 Å². The van der Waals surface area contributed by atoms with E-state index in [1.165, 1.54) is 24.1 Å². The Kier molecular flexibility index (Phi) is 3.79. The van der Waals surface area contributed by atoms with Gasteiger partial charge in [0.1, 0.15) is 0 Å². The van der Waals surface area contributed by atoms with Gasteiger partial charge in [0.05, 0.1) is 0 Å². The van der Waals surface area contributed by atoms with E-state index in [0.29, 0.717) is 11.5 Å². The van der Waals surface area contributed by atoms with Crippen molar-refractivity contribution in [2.45, 2.75) is 46.2 Å². The Labute approximate surface area is 111 Å². The summed E-state index contributed by atoms with van der Waals surface area (Å²) in [5.74, 6) is 0. The number of hydrogen-bond donors (Lipinski definition) is 1. The number of hydrogen-bond acceptors (Lipinski definition) is 2. The third-order valence-corrected chi connectivity index (χ3v) is 4.26. The smallest absolute Gasteiger partial charge is 0.0450 e. The molecule has 1 aliphatic heterocycles. The lowest BCUT2D eigenvalue weighted by Gasteiger charge is -2.31. The van der Waals surface area contributed by atoms with Crippen molar-refractivity contribution in [1.29, 1.82) is 0 Å². The van der Waals surface area contributed by atoms with Crippen LogP contribution in [0.25, 0.3) is 0 Å². The Hall–Kier alpha value is -0.860. The first-order chi connectivity index (χ1) is 8.39. The maximum Gasteiger partial charge on any atom is 0.0450 e. The molecule has 2 rings (SSSR count). The van der Waals surface area contributed by atoms with Gasteiger partial charge in [-0.15, -0.1) is 0 Å². The zero-order valence-corrected chi connectivity index (χ0v) is 12.1. The Morgan fingerprint density at radius 1 is 1.22 bits per heavy atom. The van der Waals surface area contributed by atoms with Crippen LogP contribution in [0.5, 0.6) is 0 Å². The fraction of sp³-hybridized carbons (Fsp3) is 0.625. The molecule has 1 heterocycles. The minimum atomic E-state index is 0.111. The van der Waals surface area contributed by atoms with E-state index in [1.54, 1.807) is 0 Å². The summed E-state index contributed by atoms with van der Waals surface area (Å²) in [6.45, 7) is 11.4. The predicted molar refractivity (Wildman–Crippen MR) is 77.5 cm³/mol. The minimum absolute atomic E-state index is 0.111. The molecule has 18 heavy (non-hydrogen) atoms. The molecule has 0 bridgehead atoms. The van der Waals surface area contributed by atoms with Crippen LogP contribution in [-0.4, -0.2) is 24.0 Å². The number of benzene rings is 1. The van der Waals surface area contributed by atoms with E-state index in [2.05, 4.69) is 56.9 Å². The van der Waals surface area contributed by atoms with Crippen LogP contribution in [0.15, 0.2) is 24.3 Å². The lowest BCUT2D eigenvalue weighted by atomic mass is 9.93. The molecular formula is C16H26N2. The van der Waals surface area contributed by atoms with E-state index in [9.17, 15) is 0 Å². The molecule has 0 aliphatic carbocycles. The average Bonchev–Trinajstić information content (AvgIpc) is 2.69. The molecule has 0 radical (unpaired) electrons. The zero-order chi connectivity index (χ0) is 13.3. The summed E-state index contributed by atoms with van der Waals surface area (Å²) in [7, 11) is 0. The van der Waals surface area contributed by atoms with Crippen molar-refractivity contribution in [1.82, 2.24) is 4.90 Å². The highest BCUT2D eigenvalue weighted by molar-refractivity contribution is 5.25. The van der Waals surface area contributed by atoms with Gasteiger partial charge in [-0.2, -0.15) is 0 Å². The molecule has 2 heteroatoms. The first kappa shape index (κ1) is 13.6. The lowest BCUT2D eigenvalue weighted by Crippen LogP contribution is -2.40. The Balaban J connectivity index is 2.05. The molecule has 1 fully saturated rings. The average molecular weight is 246 g/mol. The van der Waals surface area contributed by atoms with Crippen LogP contribution in [-0.2, 0) is 0 Å². The van der Waals surface area contributed by atoms with Crippen molar-refractivity contribution in [3.63, 3.8) is 0 Å². The molecule has 0 spiro atoms. The van der Waals surface area contributed by atoms with Gasteiger partial charge >= 0.3 is 0 Å². The highest BCUT2D eigenvalue weighted by atomic mass is 15.2. The molecule has 2 N–H and O–H groups in total. The second kappa shape index (κ2) is 5.02. The maximum atomic E-state index is 6.42. The number of nitrogens with two attached hydrogens (primary N) is 1. The summed E-state index contributed by atoms with van der Waals surface area (Å²) in [5.41, 5.74) is 9.40. The number of nitrogens with zero attached hydrogens (tertiary/aromatic N) is 1. The molecule has 0 aromatic heterocycles. The Morgan fingerprint density at radius 3 is 2.33 bits per heavy atom. The molecule has 0 saturated carbocycles. The molecule has 1 aliphatic rings. The van der Waals surface area contributed by atoms with E-state index in [1.807, 2.05) is 0 Å². The summed E-state index contributed by atoms with van der Waals surface area (Å²) >= 11 is 0. The number of aryl methyl sites for hydroxylation is 1. The van der Waals surface area contributed by atoms with Crippen molar-refractivity contribution in [3.8, 4) is 0 Å². The fourth-order valence-electron chi connectivity index (χ4n) is 2.80. The molecule has 1 saturated heterocycles. The van der Waals surface area contributed by atoms with E-state index in [4.69, 9.17) is 5.73 Å². The van der Waals surface area contributed by atoms with Gasteiger partial charge < -0.3 is 5.73 Å². The SMILES string of the molecule is Cc1ccc(C(N)C(C)N2CCC(C)(C)C2)cc1. The van der Waals surface area contributed by atoms with Crippen molar-refractivity contribution in [2.75, 3.05) is 13.1 Å². The van der Waals surface area contributed by atoms with Crippen molar-refractivity contribution >= 4 is 0 Å². The summed E-state index contributed by atoms with van der Waals surface area (Å²) < 4.78 is 0. The van der Waals surface area contributed by atoms with E-state index < -0.39 is 0 Å². The van der Waals surface area contributed by atoms with Gasteiger partial charge in [0.15, 0.2) is 0 Å². The third kappa shape index (κ3) is 2.93. The summed E-state index contributed by atoms with van der Waals surface area (Å²) in [6.07, 6.45) is 1.28. The van der Waals surface area contributed by atoms with E-state index in [0.717, 1.165) is 6.54 Å². The first-order valence-electron chi connectivity index (χ1n) is 6.95. The second-order valence-electron chi connectivity index (χ2n) is 6.56. The van der Waals surface area contributed by atoms with Gasteiger partial charge in [-0.1, -0.05) is 43.7 Å². The highest BCUT2D eigenvalue weighted by Crippen LogP contribution is 2.32. The number of rotatable bonds is 3. The topological polar surface area (TPSA) is 29.3 Å². The highest BCUT2D eigenvalue weighted by Gasteiger charge is 2.33. The van der Waals surface area contributed by atoms with Crippen LogP contribution < -0.4 is 5.73 Å². The monoisotopic (exact) mass is 246 g/mol. The van der Waals surface area contributed by atoms with E-state index >= 15 is 0 Å². The van der Waals surface area contributed by atoms with Crippen LogP contribution >= 0.6 is 0 Å². The van der Waals surface area contributed by atoms with Gasteiger partial charge in [-0.25, -0.2) is 0 Å². The molecule has 0 amide bonds. The molecule has 1 aromatic rings.